The highest BCUT2D eigenvalue weighted by Crippen LogP contribution is 2.36. The Labute approximate surface area is 210 Å². The van der Waals surface area contributed by atoms with Gasteiger partial charge in [-0.25, -0.2) is 0 Å². The molecule has 0 saturated carbocycles. The van der Waals surface area contributed by atoms with Crippen molar-refractivity contribution in [3.63, 3.8) is 0 Å². The summed E-state index contributed by atoms with van der Waals surface area (Å²) in [4.78, 5) is 49.4. The summed E-state index contributed by atoms with van der Waals surface area (Å²) < 4.78 is 10.7. The zero-order chi connectivity index (χ0) is 25.8. The van der Waals surface area contributed by atoms with Gasteiger partial charge >= 0.3 is 0 Å². The van der Waals surface area contributed by atoms with E-state index in [0.29, 0.717) is 23.2 Å². The number of nitrogens with one attached hydrogen (secondary N) is 1. The minimum absolute atomic E-state index is 0.0743. The van der Waals surface area contributed by atoms with Crippen LogP contribution < -0.4 is 10.1 Å². The number of thioether (sulfide) groups is 1. The monoisotopic (exact) mass is 507 g/mol. The number of rotatable bonds is 8. The number of benzene rings is 2. The summed E-state index contributed by atoms with van der Waals surface area (Å²) in [5.41, 5.74) is 1.71. The Morgan fingerprint density at radius 2 is 1.92 bits per heavy atom. The normalized spacial score (nSPS) is 14.4. The van der Waals surface area contributed by atoms with Crippen molar-refractivity contribution < 1.29 is 28.5 Å². The molecule has 1 fully saturated rings. The first kappa shape index (κ1) is 24.7. The number of nitrogens with zero attached hydrogens (tertiary/aromatic N) is 2. The molecule has 4 rings (SSSR count). The van der Waals surface area contributed by atoms with Crippen LogP contribution in [0.5, 0.6) is 5.75 Å². The Bertz CT molecular complexity index is 1380. The van der Waals surface area contributed by atoms with Gasteiger partial charge in [-0.2, -0.15) is 0 Å². The average molecular weight is 508 g/mol. The van der Waals surface area contributed by atoms with E-state index in [1.165, 1.54) is 37.5 Å². The van der Waals surface area contributed by atoms with Crippen molar-refractivity contribution >= 4 is 46.3 Å². The van der Waals surface area contributed by atoms with Gasteiger partial charge < -0.3 is 14.5 Å². The van der Waals surface area contributed by atoms with Gasteiger partial charge in [0.05, 0.1) is 28.6 Å². The Balaban J connectivity index is 1.47. The van der Waals surface area contributed by atoms with Gasteiger partial charge in [-0.1, -0.05) is 19.1 Å². The van der Waals surface area contributed by atoms with E-state index in [1.54, 1.807) is 18.2 Å². The lowest BCUT2D eigenvalue weighted by molar-refractivity contribution is -0.384. The molecule has 2 aromatic carbocycles. The van der Waals surface area contributed by atoms with E-state index in [4.69, 9.17) is 9.15 Å². The van der Waals surface area contributed by atoms with Crippen LogP contribution in [0.15, 0.2) is 63.9 Å². The van der Waals surface area contributed by atoms with Crippen LogP contribution in [-0.2, 0) is 16.0 Å². The van der Waals surface area contributed by atoms with Gasteiger partial charge in [0.25, 0.3) is 16.8 Å². The number of imide groups is 1. The van der Waals surface area contributed by atoms with E-state index in [-0.39, 0.29) is 27.7 Å². The largest absolute Gasteiger partial charge is 0.497 e. The van der Waals surface area contributed by atoms with Crippen LogP contribution >= 0.6 is 11.8 Å². The third-order valence-corrected chi connectivity index (χ3v) is 6.30. The molecular formula is C25H21N3O7S. The highest BCUT2D eigenvalue weighted by molar-refractivity contribution is 8.18. The molecule has 1 saturated heterocycles. The van der Waals surface area contributed by atoms with Crippen LogP contribution in [0, 0.1) is 10.1 Å². The molecule has 36 heavy (non-hydrogen) atoms. The van der Waals surface area contributed by atoms with Crippen LogP contribution in [-0.4, -0.2) is 40.5 Å². The van der Waals surface area contributed by atoms with Gasteiger partial charge in [0.1, 0.15) is 23.8 Å². The number of hydrogen-bond donors (Lipinski definition) is 1. The summed E-state index contributed by atoms with van der Waals surface area (Å²) in [6, 6.07) is 14.7. The van der Waals surface area contributed by atoms with Crippen molar-refractivity contribution in [3.8, 4) is 17.1 Å². The zero-order valence-electron chi connectivity index (χ0n) is 19.3. The molecule has 0 unspecified atom stereocenters. The fourth-order valence-electron chi connectivity index (χ4n) is 3.51. The van der Waals surface area contributed by atoms with E-state index < -0.39 is 28.5 Å². The zero-order valence-corrected chi connectivity index (χ0v) is 20.2. The SMILES string of the molecule is CCc1ccc(NC(=O)CN2C(=O)S/C(=C/c3ccc(-c4ccc(OC)cc4[N+](=O)[O-])o3)C2=O)cc1. The number of nitro benzene ring substituents is 1. The Morgan fingerprint density at radius 3 is 2.58 bits per heavy atom. The first-order valence-electron chi connectivity index (χ1n) is 10.9. The molecule has 0 spiro atoms. The number of amides is 3. The third kappa shape index (κ3) is 5.31. The van der Waals surface area contributed by atoms with E-state index in [0.717, 1.165) is 16.9 Å². The number of hydrogen-bond acceptors (Lipinski definition) is 8. The first-order chi connectivity index (χ1) is 17.3. The lowest BCUT2D eigenvalue weighted by atomic mass is 10.1. The number of carbonyl (C=O) groups is 3. The van der Waals surface area contributed by atoms with Gasteiger partial charge in [-0.3, -0.25) is 29.4 Å². The molecule has 1 N–H and O–H groups in total. The molecule has 10 nitrogen and oxygen atoms in total. The van der Waals surface area contributed by atoms with Crippen LogP contribution in [0.1, 0.15) is 18.2 Å². The van der Waals surface area contributed by atoms with E-state index in [9.17, 15) is 24.5 Å². The van der Waals surface area contributed by atoms with E-state index in [1.807, 2.05) is 19.1 Å². The van der Waals surface area contributed by atoms with Gasteiger partial charge in [0, 0.05) is 11.8 Å². The molecule has 3 amide bonds. The van der Waals surface area contributed by atoms with Gasteiger partial charge in [0.15, 0.2) is 0 Å². The summed E-state index contributed by atoms with van der Waals surface area (Å²) in [6.45, 7) is 1.59. The molecule has 184 valence electrons. The minimum Gasteiger partial charge on any atom is -0.497 e. The smallest absolute Gasteiger partial charge is 0.294 e. The fraction of sp³-hybridized carbons (Fsp3) is 0.160. The topological polar surface area (TPSA) is 132 Å². The molecule has 11 heteroatoms. The lowest BCUT2D eigenvalue weighted by Crippen LogP contribution is -2.36. The summed E-state index contributed by atoms with van der Waals surface area (Å²) in [5, 5.41) is 13.6. The maximum Gasteiger partial charge on any atom is 0.294 e. The molecule has 0 atom stereocenters. The molecule has 3 aromatic rings. The van der Waals surface area contributed by atoms with Crippen molar-refractivity contribution in [3.05, 3.63) is 80.9 Å². The molecule has 0 bridgehead atoms. The molecular weight excluding hydrogens is 486 g/mol. The average Bonchev–Trinajstić information content (AvgIpc) is 3.44. The third-order valence-electron chi connectivity index (χ3n) is 5.39. The molecule has 0 radical (unpaired) electrons. The highest BCUT2D eigenvalue weighted by Gasteiger charge is 2.36. The van der Waals surface area contributed by atoms with Crippen molar-refractivity contribution in [1.82, 2.24) is 4.90 Å². The van der Waals surface area contributed by atoms with Gasteiger partial charge in [-0.15, -0.1) is 0 Å². The quantitative estimate of drug-likeness (QED) is 0.253. The summed E-state index contributed by atoms with van der Waals surface area (Å²) >= 11 is 0.682. The van der Waals surface area contributed by atoms with Gasteiger partial charge in [-0.05, 0) is 60.1 Å². The minimum atomic E-state index is -0.630. The van der Waals surface area contributed by atoms with Crippen LogP contribution in [0.2, 0.25) is 0 Å². The Hall–Kier alpha value is -4.38. The number of anilines is 1. The number of methoxy groups -OCH3 is 1. The van der Waals surface area contributed by atoms with Crippen LogP contribution in [0.25, 0.3) is 17.4 Å². The Kier molecular flexibility index (Phi) is 7.20. The number of nitro groups is 1. The lowest BCUT2D eigenvalue weighted by Gasteiger charge is -2.12. The maximum atomic E-state index is 12.8. The van der Waals surface area contributed by atoms with E-state index in [2.05, 4.69) is 5.32 Å². The van der Waals surface area contributed by atoms with Crippen LogP contribution in [0.3, 0.4) is 0 Å². The second kappa shape index (κ2) is 10.5. The first-order valence-corrected chi connectivity index (χ1v) is 11.7. The predicted molar refractivity (Wildman–Crippen MR) is 134 cm³/mol. The fourth-order valence-corrected chi connectivity index (χ4v) is 4.32. The summed E-state index contributed by atoms with van der Waals surface area (Å²) in [5.74, 6) is -0.373. The number of carbonyl (C=O) groups excluding carboxylic acids is 3. The number of furan rings is 1. The second-order valence-corrected chi connectivity index (χ2v) is 8.70. The van der Waals surface area contributed by atoms with Crippen molar-refractivity contribution in [2.24, 2.45) is 0 Å². The Morgan fingerprint density at radius 1 is 1.17 bits per heavy atom. The van der Waals surface area contributed by atoms with Crippen molar-refractivity contribution in [2.45, 2.75) is 13.3 Å². The molecule has 1 aliphatic rings. The van der Waals surface area contributed by atoms with Crippen LogP contribution in [0.4, 0.5) is 16.2 Å². The maximum absolute atomic E-state index is 12.8. The molecule has 1 aliphatic heterocycles. The second-order valence-electron chi connectivity index (χ2n) is 7.71. The van der Waals surface area contributed by atoms with Crippen molar-refractivity contribution in [1.29, 1.82) is 0 Å². The predicted octanol–water partition coefficient (Wildman–Crippen LogP) is 5.10. The molecule has 1 aromatic heterocycles. The van der Waals surface area contributed by atoms with Crippen molar-refractivity contribution in [2.75, 3.05) is 19.0 Å². The number of aryl methyl sites for hydroxylation is 1. The highest BCUT2D eigenvalue weighted by atomic mass is 32.2. The number of ether oxygens (including phenoxy) is 1. The summed E-state index contributed by atoms with van der Waals surface area (Å²) in [7, 11) is 1.41. The molecule has 0 aliphatic carbocycles. The van der Waals surface area contributed by atoms with Gasteiger partial charge in [0.2, 0.25) is 5.91 Å². The summed E-state index contributed by atoms with van der Waals surface area (Å²) in [6.07, 6.45) is 2.23. The molecule has 2 heterocycles. The standard InChI is InChI=1S/C25H21N3O7S/c1-3-15-4-6-16(7-5-15)26-23(29)14-27-24(30)22(36-25(27)31)13-18-9-11-21(35-18)19-10-8-17(34-2)12-20(19)28(32)33/h4-13H,3,14H2,1-2H3,(H,26,29)/b22-13+. The van der Waals surface area contributed by atoms with E-state index >= 15 is 0 Å².